The first-order valence-electron chi connectivity index (χ1n) is 9.52. The molecule has 28 heavy (non-hydrogen) atoms. The van der Waals surface area contributed by atoms with E-state index in [-0.39, 0.29) is 0 Å². The van der Waals surface area contributed by atoms with E-state index in [1.54, 1.807) is 11.8 Å². The first kappa shape index (κ1) is 18.7. The van der Waals surface area contributed by atoms with Gasteiger partial charge < -0.3 is 5.11 Å². The maximum atomic E-state index is 11.6. The normalized spacial score (nSPS) is 14.6. The van der Waals surface area contributed by atoms with Crippen LogP contribution in [-0.2, 0) is 4.87 Å². The molecule has 0 radical (unpaired) electrons. The summed E-state index contributed by atoms with van der Waals surface area (Å²) in [4.78, 5) is 0.374. The van der Waals surface area contributed by atoms with Crippen LogP contribution in [0.4, 0.5) is 0 Å². The third-order valence-electron chi connectivity index (χ3n) is 4.90. The number of para-hydroxylation sites is 1. The molecule has 4 nitrogen and oxygen atoms in total. The topological polar surface area (TPSA) is 50.9 Å². The Morgan fingerprint density at radius 2 is 1.57 bits per heavy atom. The van der Waals surface area contributed by atoms with Crippen LogP contribution >= 0.6 is 11.8 Å². The molecule has 1 heterocycles. The van der Waals surface area contributed by atoms with E-state index in [1.807, 2.05) is 77.5 Å². The van der Waals surface area contributed by atoms with Crippen molar-refractivity contribution in [2.24, 2.45) is 0 Å². The Balaban J connectivity index is 1.92. The molecule has 2 atom stereocenters. The van der Waals surface area contributed by atoms with Crippen molar-refractivity contribution in [3.05, 3.63) is 90.5 Å². The lowest BCUT2D eigenvalue weighted by Gasteiger charge is -2.38. The highest BCUT2D eigenvalue weighted by Crippen LogP contribution is 2.50. The van der Waals surface area contributed by atoms with Crippen LogP contribution in [0.3, 0.4) is 0 Å². The lowest BCUT2D eigenvalue weighted by atomic mass is 9.97. The van der Waals surface area contributed by atoms with Gasteiger partial charge in [-0.3, -0.25) is 0 Å². The van der Waals surface area contributed by atoms with E-state index in [2.05, 4.69) is 29.4 Å². The van der Waals surface area contributed by atoms with Crippen LogP contribution < -0.4 is 0 Å². The van der Waals surface area contributed by atoms with Crippen molar-refractivity contribution in [2.45, 2.75) is 35.6 Å². The number of aliphatic hydroxyl groups excluding tert-OH is 1. The highest BCUT2D eigenvalue weighted by molar-refractivity contribution is 8.00. The fraction of sp³-hybridized carbons (Fsp3) is 0.217. The van der Waals surface area contributed by atoms with Crippen LogP contribution in [0.2, 0.25) is 0 Å². The number of rotatable bonds is 7. The molecular formula is C23H23N3OS. The van der Waals surface area contributed by atoms with Gasteiger partial charge in [-0.2, -0.15) is 0 Å². The zero-order valence-corrected chi connectivity index (χ0v) is 16.6. The summed E-state index contributed by atoms with van der Waals surface area (Å²) < 4.78 is 1.92. The zero-order valence-electron chi connectivity index (χ0n) is 15.8. The number of thioether (sulfide) groups is 1. The maximum Gasteiger partial charge on any atom is 0.144 e. The highest BCUT2D eigenvalue weighted by Gasteiger charge is 2.43. The van der Waals surface area contributed by atoms with Gasteiger partial charge >= 0.3 is 0 Å². The largest absolute Gasteiger partial charge is 0.385 e. The second-order valence-corrected chi connectivity index (χ2v) is 8.20. The summed E-state index contributed by atoms with van der Waals surface area (Å²) >= 11 is 1.65. The Labute approximate surface area is 169 Å². The number of hydrogen-bond donors (Lipinski definition) is 1. The summed E-state index contributed by atoms with van der Waals surface area (Å²) in [6, 6.07) is 27.9. The molecule has 0 saturated carbocycles. The van der Waals surface area contributed by atoms with E-state index in [9.17, 15) is 5.11 Å². The molecule has 142 valence electrons. The van der Waals surface area contributed by atoms with Gasteiger partial charge in [0.15, 0.2) is 0 Å². The molecule has 0 amide bonds. The van der Waals surface area contributed by atoms with E-state index in [1.165, 1.54) is 0 Å². The van der Waals surface area contributed by atoms with Gasteiger partial charge in [-0.05, 0) is 36.2 Å². The minimum atomic E-state index is -0.746. The summed E-state index contributed by atoms with van der Waals surface area (Å²) in [6.45, 7) is 2.14. The van der Waals surface area contributed by atoms with Crippen molar-refractivity contribution in [2.75, 3.05) is 0 Å². The molecule has 3 aromatic carbocycles. The van der Waals surface area contributed by atoms with Gasteiger partial charge in [0.25, 0.3) is 0 Å². The van der Waals surface area contributed by atoms with E-state index in [4.69, 9.17) is 0 Å². The molecule has 0 fully saturated rings. The number of benzene rings is 3. The second-order valence-electron chi connectivity index (χ2n) is 6.81. The van der Waals surface area contributed by atoms with Crippen LogP contribution in [-0.4, -0.2) is 20.1 Å². The Bertz CT molecular complexity index is 1040. The second kappa shape index (κ2) is 8.17. The molecule has 1 N–H and O–H groups in total. The van der Waals surface area contributed by atoms with Gasteiger partial charge in [0.1, 0.15) is 16.5 Å². The molecule has 0 aliphatic carbocycles. The Morgan fingerprint density at radius 3 is 2.29 bits per heavy atom. The molecule has 5 heteroatoms. The average Bonchev–Trinajstić information content (AvgIpc) is 3.19. The molecule has 0 aliphatic heterocycles. The number of nitrogens with zero attached hydrogens (tertiary/aromatic N) is 3. The van der Waals surface area contributed by atoms with E-state index in [0.29, 0.717) is 0 Å². The van der Waals surface area contributed by atoms with Crippen LogP contribution in [0.5, 0.6) is 0 Å². The third-order valence-corrected chi connectivity index (χ3v) is 6.36. The number of fused-ring (bicyclic) bond motifs is 1. The molecular weight excluding hydrogens is 366 g/mol. The van der Waals surface area contributed by atoms with Gasteiger partial charge in [0, 0.05) is 4.90 Å². The maximum absolute atomic E-state index is 11.6. The molecule has 0 bridgehead atoms. The predicted octanol–water partition coefficient (Wildman–Crippen LogP) is 5.41. The molecule has 4 aromatic rings. The van der Waals surface area contributed by atoms with Gasteiger partial charge in [0.2, 0.25) is 0 Å². The van der Waals surface area contributed by atoms with Gasteiger partial charge in [0.05, 0.1) is 5.52 Å². The number of hydrogen-bond acceptors (Lipinski definition) is 4. The van der Waals surface area contributed by atoms with Crippen LogP contribution in [0.1, 0.15) is 31.4 Å². The average molecular weight is 390 g/mol. The summed E-state index contributed by atoms with van der Waals surface area (Å²) in [7, 11) is 0. The SMILES string of the molecule is CCCC(Sc1ccccc1)(C(O)c1ccccc1)n1nnc2ccccc21. The molecule has 0 spiro atoms. The van der Waals surface area contributed by atoms with Crippen LogP contribution in [0.15, 0.2) is 89.8 Å². The molecule has 0 saturated heterocycles. The van der Waals surface area contributed by atoms with Crippen LogP contribution in [0, 0.1) is 0 Å². The Hall–Kier alpha value is -2.63. The lowest BCUT2D eigenvalue weighted by Crippen LogP contribution is -2.38. The van der Waals surface area contributed by atoms with Crippen molar-refractivity contribution in [3.8, 4) is 0 Å². The standard InChI is InChI=1S/C23H23N3OS/c1-2-17-23(28-19-13-7-4-8-14-19,22(27)18-11-5-3-6-12-18)26-21-16-10-9-15-20(21)24-25-26/h3-16,22,27H,2,17H2,1H3. The van der Waals surface area contributed by atoms with Gasteiger partial charge in [-0.1, -0.05) is 91.0 Å². The summed E-state index contributed by atoms with van der Waals surface area (Å²) in [5, 5.41) is 20.5. The predicted molar refractivity (Wildman–Crippen MR) is 114 cm³/mol. The summed E-state index contributed by atoms with van der Waals surface area (Å²) in [6.07, 6.45) is 0.900. The van der Waals surface area contributed by atoms with Crippen LogP contribution in [0.25, 0.3) is 11.0 Å². The van der Waals surface area contributed by atoms with Crippen molar-refractivity contribution in [1.82, 2.24) is 15.0 Å². The fourth-order valence-corrected chi connectivity index (χ4v) is 5.08. The van der Waals surface area contributed by atoms with E-state index in [0.717, 1.165) is 34.3 Å². The summed E-state index contributed by atoms with van der Waals surface area (Å²) in [5.41, 5.74) is 2.63. The monoisotopic (exact) mass is 389 g/mol. The van der Waals surface area contributed by atoms with E-state index < -0.39 is 11.0 Å². The van der Waals surface area contributed by atoms with Crippen molar-refractivity contribution >= 4 is 22.8 Å². The number of aliphatic hydroxyl groups is 1. The van der Waals surface area contributed by atoms with Crippen molar-refractivity contribution in [1.29, 1.82) is 0 Å². The molecule has 1 aromatic heterocycles. The molecule has 2 unspecified atom stereocenters. The number of aromatic nitrogens is 3. The van der Waals surface area contributed by atoms with E-state index >= 15 is 0 Å². The Kier molecular flexibility index (Phi) is 5.46. The first-order valence-corrected chi connectivity index (χ1v) is 10.3. The lowest BCUT2D eigenvalue weighted by molar-refractivity contribution is 0.0793. The summed E-state index contributed by atoms with van der Waals surface area (Å²) in [5.74, 6) is 0. The first-order chi connectivity index (χ1) is 13.7. The molecule has 4 rings (SSSR count). The highest BCUT2D eigenvalue weighted by atomic mass is 32.2. The van der Waals surface area contributed by atoms with Crippen molar-refractivity contribution in [3.63, 3.8) is 0 Å². The third kappa shape index (κ3) is 3.43. The fourth-order valence-electron chi connectivity index (χ4n) is 3.60. The Morgan fingerprint density at radius 1 is 0.929 bits per heavy atom. The smallest absolute Gasteiger partial charge is 0.144 e. The molecule has 0 aliphatic rings. The van der Waals surface area contributed by atoms with Gasteiger partial charge in [-0.25, -0.2) is 4.68 Å². The minimum absolute atomic E-state index is 0.715. The quantitative estimate of drug-likeness (QED) is 0.429. The zero-order chi connectivity index (χ0) is 19.4. The minimum Gasteiger partial charge on any atom is -0.385 e. The van der Waals surface area contributed by atoms with Gasteiger partial charge in [-0.15, -0.1) is 5.10 Å². The van der Waals surface area contributed by atoms with Crippen molar-refractivity contribution < 1.29 is 5.11 Å².